The maximum atomic E-state index is 12.3. The molecule has 6 rings (SSSR count). The van der Waals surface area contributed by atoms with Crippen molar-refractivity contribution in [1.82, 2.24) is 14.9 Å². The molecule has 2 N–H and O–H groups in total. The van der Waals surface area contributed by atoms with Crippen LogP contribution in [0.5, 0.6) is 0 Å². The van der Waals surface area contributed by atoms with Crippen molar-refractivity contribution in [1.29, 1.82) is 0 Å². The van der Waals surface area contributed by atoms with Crippen molar-refractivity contribution >= 4 is 22.9 Å². The second-order valence-electron chi connectivity index (χ2n) is 11.5. The van der Waals surface area contributed by atoms with Gasteiger partial charge in [-0.15, -0.1) is 0 Å². The molecule has 4 aromatic carbocycles. The van der Waals surface area contributed by atoms with Gasteiger partial charge in [0.05, 0.1) is 42.7 Å². The van der Waals surface area contributed by atoms with Crippen molar-refractivity contribution < 1.29 is 28.9 Å². The van der Waals surface area contributed by atoms with E-state index in [2.05, 4.69) is 20.9 Å². The first kappa shape index (κ1) is 31.2. The summed E-state index contributed by atoms with van der Waals surface area (Å²) in [6, 6.07) is 32.0. The molecule has 4 atom stereocenters. The fourth-order valence-electron chi connectivity index (χ4n) is 5.74. The van der Waals surface area contributed by atoms with Gasteiger partial charge in [-0.2, -0.15) is 0 Å². The Labute approximate surface area is 267 Å². The lowest BCUT2D eigenvalue weighted by Crippen LogP contribution is -2.35. The van der Waals surface area contributed by atoms with Crippen LogP contribution < -0.4 is 5.32 Å². The highest BCUT2D eigenvalue weighted by atomic mass is 16.7. The molecular weight excluding hydrogens is 582 g/mol. The lowest BCUT2D eigenvalue weighted by Gasteiger charge is -2.36. The number of esters is 1. The molecule has 0 aliphatic carbocycles. The maximum Gasteiger partial charge on any atom is 0.303 e. The number of benzene rings is 4. The molecule has 2 heterocycles. The molecular formula is C37H37N3O6. The molecule has 9 nitrogen and oxygen atoms in total. The number of rotatable bonds is 10. The van der Waals surface area contributed by atoms with Gasteiger partial charge in [-0.05, 0) is 52.9 Å². The minimum absolute atomic E-state index is 0.00690. The predicted octanol–water partition coefficient (Wildman–Crippen LogP) is 6.01. The fourth-order valence-corrected chi connectivity index (χ4v) is 5.74. The number of amides is 1. The lowest BCUT2D eigenvalue weighted by atomic mass is 9.99. The highest BCUT2D eigenvalue weighted by Crippen LogP contribution is 2.39. The zero-order valence-electron chi connectivity index (χ0n) is 25.8. The van der Waals surface area contributed by atoms with Crippen LogP contribution >= 0.6 is 0 Å². The molecule has 1 amide bonds. The average molecular weight is 620 g/mol. The molecule has 5 aromatic rings. The third-order valence-electron chi connectivity index (χ3n) is 8.16. The number of imidazole rings is 1. The summed E-state index contributed by atoms with van der Waals surface area (Å²) in [5.74, 6) is -0.841. The third kappa shape index (κ3) is 7.34. The molecule has 0 spiro atoms. The average Bonchev–Trinajstić information content (AvgIpc) is 3.49. The summed E-state index contributed by atoms with van der Waals surface area (Å²) in [7, 11) is 0. The molecule has 1 aliphatic heterocycles. The van der Waals surface area contributed by atoms with Crippen LogP contribution in [-0.2, 0) is 43.5 Å². The Morgan fingerprint density at radius 2 is 1.70 bits per heavy atom. The van der Waals surface area contributed by atoms with Crippen LogP contribution in [0.1, 0.15) is 54.9 Å². The van der Waals surface area contributed by atoms with Crippen LogP contribution in [-0.4, -0.2) is 38.7 Å². The van der Waals surface area contributed by atoms with Crippen molar-refractivity contribution in [2.45, 2.75) is 64.6 Å². The number of fused-ring (bicyclic) bond motifs is 1. The number of nitrogens with zero attached hydrogens (tertiary/aromatic N) is 2. The summed E-state index contributed by atoms with van der Waals surface area (Å²) >= 11 is 0. The Morgan fingerprint density at radius 3 is 2.46 bits per heavy atom. The Bertz CT molecular complexity index is 1800. The zero-order chi connectivity index (χ0) is 32.0. The van der Waals surface area contributed by atoms with Crippen LogP contribution in [0, 0.1) is 0 Å². The van der Waals surface area contributed by atoms with E-state index in [9.17, 15) is 14.7 Å². The third-order valence-corrected chi connectivity index (χ3v) is 8.16. The number of carbonyl (C=O) groups excluding carboxylic acids is 2. The van der Waals surface area contributed by atoms with Crippen LogP contribution in [0.15, 0.2) is 103 Å². The smallest absolute Gasteiger partial charge is 0.303 e. The van der Waals surface area contributed by atoms with Crippen LogP contribution in [0.2, 0.25) is 0 Å². The summed E-state index contributed by atoms with van der Waals surface area (Å²) in [5.41, 5.74) is 7.74. The van der Waals surface area contributed by atoms with Gasteiger partial charge in [0.15, 0.2) is 12.4 Å². The Morgan fingerprint density at radius 1 is 0.935 bits per heavy atom. The van der Waals surface area contributed by atoms with Gasteiger partial charge in [0.25, 0.3) is 5.91 Å². The second-order valence-corrected chi connectivity index (χ2v) is 11.5. The zero-order valence-corrected chi connectivity index (χ0v) is 25.8. The summed E-state index contributed by atoms with van der Waals surface area (Å²) in [5, 5.41) is 12.3. The second kappa shape index (κ2) is 14.1. The van der Waals surface area contributed by atoms with E-state index >= 15 is 0 Å². The van der Waals surface area contributed by atoms with Crippen molar-refractivity contribution in [3.63, 3.8) is 0 Å². The summed E-state index contributed by atoms with van der Waals surface area (Å²) in [6.45, 7) is 3.77. The summed E-state index contributed by atoms with van der Waals surface area (Å²) < 4.78 is 20.2. The molecule has 1 aliphatic rings. The van der Waals surface area contributed by atoms with Gasteiger partial charge in [0.1, 0.15) is 0 Å². The largest absolute Gasteiger partial charge is 0.453 e. The number of carbonyl (C=O) groups is 2. The molecule has 1 saturated heterocycles. The fraction of sp³-hybridized carbons (Fsp3) is 0.270. The van der Waals surface area contributed by atoms with Gasteiger partial charge in [-0.25, -0.2) is 4.98 Å². The molecule has 1 aromatic heterocycles. The van der Waals surface area contributed by atoms with Crippen molar-refractivity contribution in [3.05, 3.63) is 126 Å². The number of aliphatic hydroxyl groups is 1. The minimum atomic E-state index is -0.851. The van der Waals surface area contributed by atoms with Gasteiger partial charge in [0.2, 0.25) is 0 Å². The normalized spacial score (nSPS) is 18.6. The Balaban J connectivity index is 1.19. The SMILES string of the molecule is CC(=O)OC(C)C(=O)NCc1cccc(-c2ccc(C3OC(Cn4cnc5ccccc54)CC(c4ccc(CO)cc4)O3)cc2)c1. The summed E-state index contributed by atoms with van der Waals surface area (Å²) in [6.07, 6.45) is 0.776. The molecule has 0 radical (unpaired) electrons. The van der Waals surface area contributed by atoms with Crippen molar-refractivity contribution in [2.75, 3.05) is 0 Å². The quantitative estimate of drug-likeness (QED) is 0.184. The van der Waals surface area contributed by atoms with Crippen LogP contribution in [0.25, 0.3) is 22.2 Å². The van der Waals surface area contributed by atoms with E-state index in [1.54, 1.807) is 6.92 Å². The summed E-state index contributed by atoms with van der Waals surface area (Å²) in [4.78, 5) is 28.0. The highest BCUT2D eigenvalue weighted by Gasteiger charge is 2.32. The lowest BCUT2D eigenvalue weighted by molar-refractivity contribution is -0.252. The minimum Gasteiger partial charge on any atom is -0.453 e. The van der Waals surface area contributed by atoms with Gasteiger partial charge in [0, 0.05) is 25.5 Å². The monoisotopic (exact) mass is 619 g/mol. The molecule has 0 bridgehead atoms. The number of ether oxygens (including phenoxy) is 3. The molecule has 46 heavy (non-hydrogen) atoms. The van der Waals surface area contributed by atoms with Crippen molar-refractivity contribution in [2.24, 2.45) is 0 Å². The van der Waals surface area contributed by atoms with Gasteiger partial charge in [-0.3, -0.25) is 9.59 Å². The van der Waals surface area contributed by atoms with Gasteiger partial charge < -0.3 is 29.2 Å². The maximum absolute atomic E-state index is 12.3. The standard InChI is InChI=1S/C37H37N3O6/c1-24(44-25(2)42)36(43)38-20-27-6-5-7-31(18-27)28-14-16-30(17-15-28)37-45-32(21-40-23-39-33-8-3-4-9-34(33)40)19-35(46-37)29-12-10-26(22-41)11-13-29/h3-18,23-24,32,35,37,41H,19-22H2,1-2H3,(H,38,43). The number of hydrogen-bond acceptors (Lipinski definition) is 7. The highest BCUT2D eigenvalue weighted by molar-refractivity contribution is 5.83. The predicted molar refractivity (Wildman–Crippen MR) is 173 cm³/mol. The number of aliphatic hydroxyl groups excluding tert-OH is 1. The topological polar surface area (TPSA) is 112 Å². The van der Waals surface area contributed by atoms with E-state index in [0.29, 0.717) is 19.5 Å². The molecule has 4 unspecified atom stereocenters. The van der Waals surface area contributed by atoms with E-state index < -0.39 is 18.4 Å². The Hall–Kier alpha value is -4.83. The first-order valence-electron chi connectivity index (χ1n) is 15.4. The van der Waals surface area contributed by atoms with E-state index in [1.807, 2.05) is 97.3 Å². The molecule has 0 saturated carbocycles. The Kier molecular flexibility index (Phi) is 9.54. The molecule has 1 fully saturated rings. The van der Waals surface area contributed by atoms with E-state index in [4.69, 9.17) is 14.2 Å². The van der Waals surface area contributed by atoms with E-state index in [1.165, 1.54) is 6.92 Å². The van der Waals surface area contributed by atoms with Gasteiger partial charge >= 0.3 is 5.97 Å². The van der Waals surface area contributed by atoms with E-state index in [-0.39, 0.29) is 24.7 Å². The van der Waals surface area contributed by atoms with Gasteiger partial charge in [-0.1, -0.05) is 78.9 Å². The van der Waals surface area contributed by atoms with Crippen LogP contribution in [0.3, 0.4) is 0 Å². The van der Waals surface area contributed by atoms with E-state index in [0.717, 1.165) is 44.4 Å². The number of nitrogens with one attached hydrogen (secondary N) is 1. The first-order valence-corrected chi connectivity index (χ1v) is 15.4. The number of para-hydroxylation sites is 2. The van der Waals surface area contributed by atoms with Crippen molar-refractivity contribution in [3.8, 4) is 11.1 Å². The first-order chi connectivity index (χ1) is 22.4. The molecule has 236 valence electrons. The number of hydrogen-bond donors (Lipinski definition) is 2. The molecule has 9 heteroatoms. The number of aromatic nitrogens is 2. The van der Waals surface area contributed by atoms with Crippen LogP contribution in [0.4, 0.5) is 0 Å².